The topological polar surface area (TPSA) is 20.2 Å². The van der Waals surface area contributed by atoms with Crippen molar-refractivity contribution in [3.63, 3.8) is 0 Å². The third-order valence-electron chi connectivity index (χ3n) is 2.20. The molecule has 0 fully saturated rings. The minimum absolute atomic E-state index is 0.0268. The molecule has 0 aliphatic carbocycles. The number of phenolic OH excluding ortho intramolecular Hbond substituents is 1. The Morgan fingerprint density at radius 3 is 2.06 bits per heavy atom. The molecule has 0 atom stereocenters. The third kappa shape index (κ3) is 1.74. The zero-order chi connectivity index (χ0) is 11.7. The minimum atomic E-state index is -1.17. The summed E-state index contributed by atoms with van der Waals surface area (Å²) < 4.78 is 39.1. The van der Waals surface area contributed by atoms with Crippen LogP contribution in [0.4, 0.5) is 13.2 Å². The maximum Gasteiger partial charge on any atom is 0.162 e. The second-order valence-corrected chi connectivity index (χ2v) is 3.26. The summed E-state index contributed by atoms with van der Waals surface area (Å²) in [6.07, 6.45) is 0. The fraction of sp³-hybridized carbons (Fsp3) is 0. The van der Waals surface area contributed by atoms with Crippen LogP contribution in [-0.4, -0.2) is 5.11 Å². The fourth-order valence-electron chi connectivity index (χ4n) is 1.43. The Kier molecular flexibility index (Phi) is 2.56. The lowest BCUT2D eigenvalue weighted by atomic mass is 10.0. The molecule has 0 aromatic heterocycles. The molecule has 82 valence electrons. The molecule has 0 saturated heterocycles. The molecule has 2 aromatic carbocycles. The van der Waals surface area contributed by atoms with Crippen LogP contribution in [0.2, 0.25) is 0 Å². The molecule has 1 nitrogen and oxygen atoms in total. The third-order valence-corrected chi connectivity index (χ3v) is 2.20. The van der Waals surface area contributed by atoms with Crippen LogP contribution in [0.25, 0.3) is 11.1 Å². The van der Waals surface area contributed by atoms with Crippen LogP contribution in [0.3, 0.4) is 0 Å². The SMILES string of the molecule is Oc1cc(F)c(F)cc1-c1ccccc1F. The maximum atomic E-state index is 13.4. The molecular formula is C12H7F3O. The first-order valence-corrected chi connectivity index (χ1v) is 4.52. The summed E-state index contributed by atoms with van der Waals surface area (Å²) in [5.74, 6) is -3.40. The summed E-state index contributed by atoms with van der Waals surface area (Å²) in [5, 5.41) is 9.42. The monoisotopic (exact) mass is 224 g/mol. The van der Waals surface area contributed by atoms with Gasteiger partial charge < -0.3 is 5.11 Å². The van der Waals surface area contributed by atoms with Gasteiger partial charge in [-0.05, 0) is 12.1 Å². The molecule has 0 radical (unpaired) electrons. The second kappa shape index (κ2) is 3.89. The molecule has 2 aromatic rings. The fourth-order valence-corrected chi connectivity index (χ4v) is 1.43. The number of rotatable bonds is 1. The summed E-state index contributed by atoms with van der Waals surface area (Å²) in [7, 11) is 0. The van der Waals surface area contributed by atoms with Gasteiger partial charge in [-0.2, -0.15) is 0 Å². The second-order valence-electron chi connectivity index (χ2n) is 3.26. The van der Waals surface area contributed by atoms with Gasteiger partial charge in [-0.1, -0.05) is 18.2 Å². The van der Waals surface area contributed by atoms with Crippen molar-refractivity contribution in [2.45, 2.75) is 0 Å². The van der Waals surface area contributed by atoms with E-state index in [1.165, 1.54) is 18.2 Å². The highest BCUT2D eigenvalue weighted by atomic mass is 19.2. The van der Waals surface area contributed by atoms with Crippen molar-refractivity contribution < 1.29 is 18.3 Å². The van der Waals surface area contributed by atoms with Gasteiger partial charge in [0, 0.05) is 17.2 Å². The molecule has 0 spiro atoms. The van der Waals surface area contributed by atoms with Gasteiger partial charge in [-0.15, -0.1) is 0 Å². The zero-order valence-electron chi connectivity index (χ0n) is 8.05. The van der Waals surface area contributed by atoms with E-state index in [1.54, 1.807) is 6.07 Å². The number of halogens is 3. The lowest BCUT2D eigenvalue weighted by Gasteiger charge is -2.06. The van der Waals surface area contributed by atoms with Crippen LogP contribution < -0.4 is 0 Å². The highest BCUT2D eigenvalue weighted by Gasteiger charge is 2.13. The molecule has 16 heavy (non-hydrogen) atoms. The number of hydrogen-bond acceptors (Lipinski definition) is 1. The van der Waals surface area contributed by atoms with E-state index in [2.05, 4.69) is 0 Å². The minimum Gasteiger partial charge on any atom is -0.507 e. The molecule has 0 amide bonds. The Labute approximate surface area is 89.8 Å². The lowest BCUT2D eigenvalue weighted by Crippen LogP contribution is -1.89. The Morgan fingerprint density at radius 1 is 0.750 bits per heavy atom. The van der Waals surface area contributed by atoms with E-state index in [-0.39, 0.29) is 11.1 Å². The molecule has 2 rings (SSSR count). The van der Waals surface area contributed by atoms with Crippen LogP contribution in [0.1, 0.15) is 0 Å². The van der Waals surface area contributed by atoms with Crippen molar-refractivity contribution in [2.75, 3.05) is 0 Å². The van der Waals surface area contributed by atoms with E-state index in [0.29, 0.717) is 6.07 Å². The van der Waals surface area contributed by atoms with Gasteiger partial charge in [-0.25, -0.2) is 13.2 Å². The first kappa shape index (κ1) is 10.5. The molecule has 4 heteroatoms. The maximum absolute atomic E-state index is 13.4. The van der Waals surface area contributed by atoms with Gasteiger partial charge in [0.1, 0.15) is 11.6 Å². The van der Waals surface area contributed by atoms with E-state index in [9.17, 15) is 18.3 Å². The van der Waals surface area contributed by atoms with Gasteiger partial charge in [0.15, 0.2) is 11.6 Å². The molecule has 0 saturated carbocycles. The average molecular weight is 224 g/mol. The molecule has 0 unspecified atom stereocenters. The first-order chi connectivity index (χ1) is 7.59. The number of aromatic hydroxyl groups is 1. The highest BCUT2D eigenvalue weighted by Crippen LogP contribution is 2.32. The normalized spacial score (nSPS) is 10.4. The summed E-state index contributed by atoms with van der Waals surface area (Å²) in [6.45, 7) is 0. The Bertz CT molecular complexity index is 538. The lowest BCUT2D eigenvalue weighted by molar-refractivity contribution is 0.456. The van der Waals surface area contributed by atoms with Crippen molar-refractivity contribution in [1.29, 1.82) is 0 Å². The number of benzene rings is 2. The largest absolute Gasteiger partial charge is 0.507 e. The van der Waals surface area contributed by atoms with Crippen LogP contribution in [-0.2, 0) is 0 Å². The van der Waals surface area contributed by atoms with Gasteiger partial charge >= 0.3 is 0 Å². The van der Waals surface area contributed by atoms with Crippen molar-refractivity contribution in [2.24, 2.45) is 0 Å². The van der Waals surface area contributed by atoms with Crippen LogP contribution in [0, 0.1) is 17.5 Å². The quantitative estimate of drug-likeness (QED) is 0.786. The van der Waals surface area contributed by atoms with Crippen LogP contribution >= 0.6 is 0 Å². The molecule has 0 aliphatic heterocycles. The van der Waals surface area contributed by atoms with Gasteiger partial charge in [0.25, 0.3) is 0 Å². The first-order valence-electron chi connectivity index (χ1n) is 4.52. The van der Waals surface area contributed by atoms with Crippen molar-refractivity contribution >= 4 is 0 Å². The Hall–Kier alpha value is -1.97. The Balaban J connectivity index is 2.65. The van der Waals surface area contributed by atoms with Gasteiger partial charge in [0.2, 0.25) is 0 Å². The predicted octanol–water partition coefficient (Wildman–Crippen LogP) is 3.48. The molecule has 0 bridgehead atoms. The summed E-state index contributed by atoms with van der Waals surface area (Å²) in [6, 6.07) is 6.95. The number of phenols is 1. The highest BCUT2D eigenvalue weighted by molar-refractivity contribution is 5.70. The summed E-state index contributed by atoms with van der Waals surface area (Å²) in [4.78, 5) is 0. The predicted molar refractivity (Wildman–Crippen MR) is 53.4 cm³/mol. The molecule has 0 aliphatic rings. The molecule has 1 N–H and O–H groups in total. The van der Waals surface area contributed by atoms with Crippen LogP contribution in [0.5, 0.6) is 5.75 Å². The van der Waals surface area contributed by atoms with Crippen LogP contribution in [0.15, 0.2) is 36.4 Å². The summed E-state index contributed by atoms with van der Waals surface area (Å²) >= 11 is 0. The van der Waals surface area contributed by atoms with Gasteiger partial charge in [0.05, 0.1) is 0 Å². The van der Waals surface area contributed by atoms with Gasteiger partial charge in [-0.3, -0.25) is 0 Å². The molecule has 0 heterocycles. The molecular weight excluding hydrogens is 217 g/mol. The smallest absolute Gasteiger partial charge is 0.162 e. The Morgan fingerprint density at radius 2 is 1.38 bits per heavy atom. The average Bonchev–Trinajstić information content (AvgIpc) is 2.25. The van der Waals surface area contributed by atoms with E-state index < -0.39 is 23.2 Å². The van der Waals surface area contributed by atoms with E-state index in [4.69, 9.17) is 0 Å². The standard InChI is InChI=1S/C12H7F3O/c13-9-4-2-1-3-7(9)8-5-10(14)11(15)6-12(8)16/h1-6,16H. The van der Waals surface area contributed by atoms with Crippen molar-refractivity contribution in [3.05, 3.63) is 53.8 Å². The summed E-state index contributed by atoms with van der Waals surface area (Å²) in [5.41, 5.74) is -0.0455. The van der Waals surface area contributed by atoms with E-state index in [1.807, 2.05) is 0 Å². The number of hydrogen-bond donors (Lipinski definition) is 1. The van der Waals surface area contributed by atoms with E-state index >= 15 is 0 Å². The zero-order valence-corrected chi connectivity index (χ0v) is 8.05. The van der Waals surface area contributed by atoms with Crippen molar-refractivity contribution in [1.82, 2.24) is 0 Å². The van der Waals surface area contributed by atoms with Crippen molar-refractivity contribution in [3.8, 4) is 16.9 Å². The van der Waals surface area contributed by atoms with E-state index in [0.717, 1.165) is 6.07 Å².